The predicted octanol–water partition coefficient (Wildman–Crippen LogP) is 4.10. The van der Waals surface area contributed by atoms with Crippen LogP contribution in [0.2, 0.25) is 0 Å². The third kappa shape index (κ3) is 3.84. The monoisotopic (exact) mass is 289 g/mol. The van der Waals surface area contributed by atoms with Crippen molar-refractivity contribution >= 4 is 23.0 Å². The van der Waals surface area contributed by atoms with Crippen molar-refractivity contribution in [1.29, 1.82) is 0 Å². The van der Waals surface area contributed by atoms with Crippen LogP contribution in [0.1, 0.15) is 29.7 Å². The average molecular weight is 289 g/mol. The summed E-state index contributed by atoms with van der Waals surface area (Å²) in [5, 5.41) is 8.62. The van der Waals surface area contributed by atoms with Crippen LogP contribution in [0.25, 0.3) is 10.4 Å². The Morgan fingerprint density at radius 3 is 2.60 bits per heavy atom. The van der Waals surface area contributed by atoms with E-state index in [1.807, 2.05) is 6.07 Å². The molecule has 0 radical (unpaired) electrons. The van der Waals surface area contributed by atoms with Gasteiger partial charge in [-0.2, -0.15) is 0 Å². The minimum Gasteiger partial charge on any atom is -0.481 e. The normalized spacial score (nSPS) is 10.7. The molecule has 0 aliphatic rings. The number of hydrogen-bond donors (Lipinski definition) is 2. The second-order valence-electron chi connectivity index (χ2n) is 4.96. The highest BCUT2D eigenvalue weighted by Gasteiger charge is 2.08. The van der Waals surface area contributed by atoms with Crippen LogP contribution < -0.4 is 5.73 Å². The summed E-state index contributed by atoms with van der Waals surface area (Å²) < 4.78 is 0. The van der Waals surface area contributed by atoms with Gasteiger partial charge in [0.2, 0.25) is 0 Å². The molecule has 0 spiro atoms. The molecule has 0 aliphatic carbocycles. The first-order chi connectivity index (χ1) is 9.56. The third-order valence-corrected chi connectivity index (χ3v) is 4.48. The van der Waals surface area contributed by atoms with Gasteiger partial charge in [0.25, 0.3) is 0 Å². The van der Waals surface area contributed by atoms with Crippen LogP contribution in [0.15, 0.2) is 30.3 Å². The summed E-state index contributed by atoms with van der Waals surface area (Å²) >= 11 is 1.70. The molecule has 2 rings (SSSR count). The number of thiophene rings is 1. The van der Waals surface area contributed by atoms with Crippen molar-refractivity contribution in [2.24, 2.45) is 0 Å². The molecule has 0 atom stereocenters. The number of hydrogen-bond acceptors (Lipinski definition) is 3. The van der Waals surface area contributed by atoms with Gasteiger partial charge < -0.3 is 10.8 Å². The Morgan fingerprint density at radius 1 is 1.25 bits per heavy atom. The van der Waals surface area contributed by atoms with Crippen molar-refractivity contribution in [3.63, 3.8) is 0 Å². The lowest BCUT2D eigenvalue weighted by molar-refractivity contribution is -0.137. The Hall–Kier alpha value is -1.81. The molecular formula is C16H19NO2S. The zero-order valence-corrected chi connectivity index (χ0v) is 12.4. The molecule has 106 valence electrons. The van der Waals surface area contributed by atoms with E-state index in [2.05, 4.69) is 31.2 Å². The zero-order chi connectivity index (χ0) is 14.5. The predicted molar refractivity (Wildman–Crippen MR) is 84.1 cm³/mol. The Bertz CT molecular complexity index is 587. The number of aliphatic carboxylic acids is 1. The van der Waals surface area contributed by atoms with E-state index in [0.717, 1.165) is 23.4 Å². The zero-order valence-electron chi connectivity index (χ0n) is 11.6. The molecule has 0 saturated heterocycles. The maximum absolute atomic E-state index is 10.5. The van der Waals surface area contributed by atoms with E-state index in [-0.39, 0.29) is 6.42 Å². The molecule has 1 aromatic carbocycles. The van der Waals surface area contributed by atoms with Gasteiger partial charge in [-0.25, -0.2) is 0 Å². The number of aryl methyl sites for hydroxylation is 2. The SMILES string of the molecule is Cc1ccc(-c2cc(N)c(CCCCC(=O)O)s2)cc1. The first kappa shape index (κ1) is 14.6. The Labute approximate surface area is 123 Å². The number of carboxylic acid groups (broad SMARTS) is 1. The molecule has 0 bridgehead atoms. The van der Waals surface area contributed by atoms with Crippen LogP contribution in [-0.4, -0.2) is 11.1 Å². The summed E-state index contributed by atoms with van der Waals surface area (Å²) in [4.78, 5) is 12.8. The molecule has 4 heteroatoms. The van der Waals surface area contributed by atoms with Gasteiger partial charge in [0.15, 0.2) is 0 Å². The molecule has 3 nitrogen and oxygen atoms in total. The van der Waals surface area contributed by atoms with Crippen molar-refractivity contribution in [2.75, 3.05) is 5.73 Å². The topological polar surface area (TPSA) is 63.3 Å². The molecule has 1 heterocycles. The van der Waals surface area contributed by atoms with Crippen molar-refractivity contribution in [1.82, 2.24) is 0 Å². The fourth-order valence-electron chi connectivity index (χ4n) is 2.06. The van der Waals surface area contributed by atoms with E-state index < -0.39 is 5.97 Å². The van der Waals surface area contributed by atoms with Gasteiger partial charge in [0.1, 0.15) is 0 Å². The Kier molecular flexibility index (Phi) is 4.79. The highest BCUT2D eigenvalue weighted by Crippen LogP contribution is 2.34. The molecule has 0 aliphatic heterocycles. The summed E-state index contributed by atoms with van der Waals surface area (Å²) in [7, 11) is 0. The van der Waals surface area contributed by atoms with Gasteiger partial charge in [-0.3, -0.25) is 4.79 Å². The Balaban J connectivity index is 2.02. The van der Waals surface area contributed by atoms with E-state index in [0.29, 0.717) is 6.42 Å². The third-order valence-electron chi connectivity index (χ3n) is 3.22. The van der Waals surface area contributed by atoms with Crippen LogP contribution in [0.3, 0.4) is 0 Å². The molecule has 3 N–H and O–H groups in total. The van der Waals surface area contributed by atoms with E-state index in [1.54, 1.807) is 11.3 Å². The minimum absolute atomic E-state index is 0.232. The quantitative estimate of drug-likeness (QED) is 0.787. The van der Waals surface area contributed by atoms with E-state index in [9.17, 15) is 4.79 Å². The lowest BCUT2D eigenvalue weighted by atomic mass is 10.1. The highest BCUT2D eigenvalue weighted by molar-refractivity contribution is 7.16. The molecule has 1 aromatic heterocycles. The van der Waals surface area contributed by atoms with Gasteiger partial charge in [-0.05, 0) is 37.8 Å². The van der Waals surface area contributed by atoms with Crippen LogP contribution in [0.4, 0.5) is 5.69 Å². The molecular weight excluding hydrogens is 270 g/mol. The molecule has 0 fully saturated rings. The minimum atomic E-state index is -0.732. The lowest BCUT2D eigenvalue weighted by Crippen LogP contribution is -1.95. The lowest BCUT2D eigenvalue weighted by Gasteiger charge is -1.99. The maximum atomic E-state index is 10.5. The van der Waals surface area contributed by atoms with Gasteiger partial charge in [-0.1, -0.05) is 29.8 Å². The number of unbranched alkanes of at least 4 members (excludes halogenated alkanes) is 1. The Morgan fingerprint density at radius 2 is 1.95 bits per heavy atom. The van der Waals surface area contributed by atoms with Gasteiger partial charge in [0, 0.05) is 21.9 Å². The standard InChI is InChI=1S/C16H19NO2S/c1-11-6-8-12(9-7-11)15-10-13(17)14(20-15)4-2-3-5-16(18)19/h6-10H,2-5,17H2,1H3,(H,18,19). The highest BCUT2D eigenvalue weighted by atomic mass is 32.1. The number of nitrogen functional groups attached to an aromatic ring is 1. The average Bonchev–Trinajstić information content (AvgIpc) is 2.77. The largest absolute Gasteiger partial charge is 0.481 e. The second kappa shape index (κ2) is 6.57. The molecule has 0 unspecified atom stereocenters. The maximum Gasteiger partial charge on any atom is 0.303 e. The van der Waals surface area contributed by atoms with E-state index in [4.69, 9.17) is 10.8 Å². The van der Waals surface area contributed by atoms with Crippen LogP contribution >= 0.6 is 11.3 Å². The first-order valence-corrected chi connectivity index (χ1v) is 7.55. The summed E-state index contributed by atoms with van der Waals surface area (Å²) in [6.45, 7) is 2.07. The first-order valence-electron chi connectivity index (χ1n) is 6.73. The number of benzene rings is 1. The summed E-state index contributed by atoms with van der Waals surface area (Å²) in [6, 6.07) is 10.4. The fraction of sp³-hybridized carbons (Fsp3) is 0.312. The van der Waals surface area contributed by atoms with Gasteiger partial charge >= 0.3 is 5.97 Å². The van der Waals surface area contributed by atoms with Crippen LogP contribution in [0, 0.1) is 6.92 Å². The van der Waals surface area contributed by atoms with Gasteiger partial charge in [0.05, 0.1) is 0 Å². The smallest absolute Gasteiger partial charge is 0.303 e. The van der Waals surface area contributed by atoms with Crippen molar-refractivity contribution in [3.05, 3.63) is 40.8 Å². The van der Waals surface area contributed by atoms with Gasteiger partial charge in [-0.15, -0.1) is 11.3 Å². The number of carbonyl (C=O) groups is 1. The summed E-state index contributed by atoms with van der Waals surface area (Å²) in [6.07, 6.45) is 2.66. The molecule has 2 aromatic rings. The number of rotatable bonds is 6. The van der Waals surface area contributed by atoms with Crippen molar-refractivity contribution < 1.29 is 9.90 Å². The van der Waals surface area contributed by atoms with Crippen molar-refractivity contribution in [2.45, 2.75) is 32.6 Å². The summed E-state index contributed by atoms with van der Waals surface area (Å²) in [5.74, 6) is -0.732. The number of anilines is 1. The van der Waals surface area contributed by atoms with Crippen LogP contribution in [-0.2, 0) is 11.2 Å². The fourth-order valence-corrected chi connectivity index (χ4v) is 3.19. The van der Waals surface area contributed by atoms with Crippen LogP contribution in [0.5, 0.6) is 0 Å². The molecule has 0 saturated carbocycles. The molecule has 0 amide bonds. The number of nitrogens with two attached hydrogens (primary N) is 1. The summed E-state index contributed by atoms with van der Waals surface area (Å²) in [5.41, 5.74) is 9.29. The number of carboxylic acids is 1. The second-order valence-corrected chi connectivity index (χ2v) is 6.09. The van der Waals surface area contributed by atoms with E-state index in [1.165, 1.54) is 16.0 Å². The van der Waals surface area contributed by atoms with E-state index >= 15 is 0 Å². The molecule has 20 heavy (non-hydrogen) atoms. The van der Waals surface area contributed by atoms with Crippen molar-refractivity contribution in [3.8, 4) is 10.4 Å².